The van der Waals surface area contributed by atoms with Gasteiger partial charge in [0.25, 0.3) is 0 Å². The fourth-order valence-electron chi connectivity index (χ4n) is 1.17. The normalized spacial score (nSPS) is 13.2. The Morgan fingerprint density at radius 1 is 1.31 bits per heavy atom. The maximum atomic E-state index is 5.53. The average molecular weight is 253 g/mol. The maximum absolute atomic E-state index is 5.53. The quantitative estimate of drug-likeness (QED) is 0.464. The van der Waals surface area contributed by atoms with Gasteiger partial charge in [-0.1, -0.05) is 29.3 Å². The summed E-state index contributed by atoms with van der Waals surface area (Å²) in [7, 11) is 1.72. The lowest BCUT2D eigenvalue weighted by molar-refractivity contribution is 0.0817. The SMILES string of the molecule is CCCC(CBr)COCCCOC. The van der Waals surface area contributed by atoms with Gasteiger partial charge in [0.1, 0.15) is 0 Å². The van der Waals surface area contributed by atoms with Gasteiger partial charge in [0, 0.05) is 25.7 Å². The summed E-state index contributed by atoms with van der Waals surface area (Å²) >= 11 is 3.49. The number of hydrogen-bond donors (Lipinski definition) is 0. The summed E-state index contributed by atoms with van der Waals surface area (Å²) in [6, 6.07) is 0. The van der Waals surface area contributed by atoms with Crippen molar-refractivity contribution in [2.75, 3.05) is 32.3 Å². The lowest BCUT2D eigenvalue weighted by Crippen LogP contribution is -2.12. The maximum Gasteiger partial charge on any atom is 0.0502 e. The molecule has 0 fully saturated rings. The largest absolute Gasteiger partial charge is 0.385 e. The van der Waals surface area contributed by atoms with E-state index in [-0.39, 0.29) is 0 Å². The summed E-state index contributed by atoms with van der Waals surface area (Å²) in [6.07, 6.45) is 3.48. The van der Waals surface area contributed by atoms with Crippen LogP contribution in [0.2, 0.25) is 0 Å². The van der Waals surface area contributed by atoms with E-state index in [1.165, 1.54) is 12.8 Å². The first-order valence-corrected chi connectivity index (χ1v) is 6.09. The molecule has 1 unspecified atom stereocenters. The van der Waals surface area contributed by atoms with Crippen LogP contribution in [0, 0.1) is 5.92 Å². The van der Waals surface area contributed by atoms with E-state index in [2.05, 4.69) is 22.9 Å². The second kappa shape index (κ2) is 10.5. The molecule has 0 aromatic rings. The van der Waals surface area contributed by atoms with Gasteiger partial charge in [-0.2, -0.15) is 0 Å². The molecule has 0 spiro atoms. The zero-order valence-corrected chi connectivity index (χ0v) is 10.3. The second-order valence-electron chi connectivity index (χ2n) is 3.23. The van der Waals surface area contributed by atoms with Gasteiger partial charge in [-0.25, -0.2) is 0 Å². The minimum Gasteiger partial charge on any atom is -0.385 e. The third-order valence-corrected chi connectivity index (χ3v) is 2.82. The predicted molar refractivity (Wildman–Crippen MR) is 59.5 cm³/mol. The molecule has 0 bridgehead atoms. The van der Waals surface area contributed by atoms with Gasteiger partial charge >= 0.3 is 0 Å². The molecule has 13 heavy (non-hydrogen) atoms. The minimum absolute atomic E-state index is 0.674. The Morgan fingerprint density at radius 3 is 2.62 bits per heavy atom. The van der Waals surface area contributed by atoms with Crippen LogP contribution in [0.15, 0.2) is 0 Å². The first-order valence-electron chi connectivity index (χ1n) is 4.97. The highest BCUT2D eigenvalue weighted by molar-refractivity contribution is 9.09. The van der Waals surface area contributed by atoms with Gasteiger partial charge in [-0.05, 0) is 18.8 Å². The predicted octanol–water partition coefficient (Wildman–Crippen LogP) is 2.85. The average Bonchev–Trinajstić information content (AvgIpc) is 2.16. The number of rotatable bonds is 9. The second-order valence-corrected chi connectivity index (χ2v) is 3.88. The van der Waals surface area contributed by atoms with Crippen molar-refractivity contribution >= 4 is 15.9 Å². The van der Waals surface area contributed by atoms with Crippen LogP contribution >= 0.6 is 15.9 Å². The zero-order chi connectivity index (χ0) is 9.94. The third-order valence-electron chi connectivity index (χ3n) is 1.91. The van der Waals surface area contributed by atoms with Crippen LogP contribution in [0.25, 0.3) is 0 Å². The Balaban J connectivity index is 3.17. The molecule has 0 N–H and O–H groups in total. The molecule has 0 aliphatic heterocycles. The van der Waals surface area contributed by atoms with Crippen molar-refractivity contribution < 1.29 is 9.47 Å². The van der Waals surface area contributed by atoms with Crippen LogP contribution in [-0.4, -0.2) is 32.3 Å². The first kappa shape index (κ1) is 13.4. The number of methoxy groups -OCH3 is 1. The highest BCUT2D eigenvalue weighted by Crippen LogP contribution is 2.09. The lowest BCUT2D eigenvalue weighted by Gasteiger charge is -2.12. The Labute approximate surface area is 90.1 Å². The number of ether oxygens (including phenoxy) is 2. The van der Waals surface area contributed by atoms with Crippen molar-refractivity contribution in [2.45, 2.75) is 26.2 Å². The fourth-order valence-corrected chi connectivity index (χ4v) is 1.68. The van der Waals surface area contributed by atoms with Crippen LogP contribution in [0.5, 0.6) is 0 Å². The van der Waals surface area contributed by atoms with Gasteiger partial charge < -0.3 is 9.47 Å². The summed E-state index contributed by atoms with van der Waals surface area (Å²) in [5.41, 5.74) is 0. The summed E-state index contributed by atoms with van der Waals surface area (Å²) in [5, 5.41) is 1.05. The van der Waals surface area contributed by atoms with Crippen molar-refractivity contribution in [3.8, 4) is 0 Å². The van der Waals surface area contributed by atoms with Crippen LogP contribution in [0.1, 0.15) is 26.2 Å². The van der Waals surface area contributed by atoms with Gasteiger partial charge in [0.05, 0.1) is 6.61 Å². The molecule has 0 saturated heterocycles. The van der Waals surface area contributed by atoms with Gasteiger partial charge in [-0.15, -0.1) is 0 Å². The summed E-state index contributed by atoms with van der Waals surface area (Å²) in [6.45, 7) is 4.71. The molecular formula is C10H21BrO2. The number of halogens is 1. The molecule has 0 heterocycles. The molecule has 0 rings (SSSR count). The summed E-state index contributed by atoms with van der Waals surface area (Å²) < 4.78 is 10.5. The van der Waals surface area contributed by atoms with E-state index in [9.17, 15) is 0 Å². The standard InChI is InChI=1S/C10H21BrO2/c1-3-5-10(8-11)9-13-7-4-6-12-2/h10H,3-9H2,1-2H3. The Hall–Kier alpha value is 0.400. The van der Waals surface area contributed by atoms with E-state index in [1.807, 2.05) is 0 Å². The Kier molecular flexibility index (Phi) is 10.8. The molecule has 2 nitrogen and oxygen atoms in total. The Bertz CT molecular complexity index is 98.9. The van der Waals surface area contributed by atoms with E-state index >= 15 is 0 Å². The van der Waals surface area contributed by atoms with Crippen LogP contribution in [0.4, 0.5) is 0 Å². The molecule has 1 atom stereocenters. The number of hydrogen-bond acceptors (Lipinski definition) is 2. The Morgan fingerprint density at radius 2 is 2.08 bits per heavy atom. The molecule has 3 heteroatoms. The van der Waals surface area contributed by atoms with Gasteiger partial charge in [0.15, 0.2) is 0 Å². The molecule has 0 aliphatic carbocycles. The minimum atomic E-state index is 0.674. The van der Waals surface area contributed by atoms with E-state index in [4.69, 9.17) is 9.47 Å². The summed E-state index contributed by atoms with van der Waals surface area (Å²) in [4.78, 5) is 0. The van der Waals surface area contributed by atoms with E-state index < -0.39 is 0 Å². The monoisotopic (exact) mass is 252 g/mol. The van der Waals surface area contributed by atoms with Crippen LogP contribution in [-0.2, 0) is 9.47 Å². The molecule has 0 aliphatic rings. The molecule has 80 valence electrons. The van der Waals surface area contributed by atoms with Crippen molar-refractivity contribution in [1.82, 2.24) is 0 Å². The highest BCUT2D eigenvalue weighted by Gasteiger charge is 2.05. The van der Waals surface area contributed by atoms with E-state index in [0.29, 0.717) is 5.92 Å². The highest BCUT2D eigenvalue weighted by atomic mass is 79.9. The van der Waals surface area contributed by atoms with Crippen LogP contribution < -0.4 is 0 Å². The summed E-state index contributed by atoms with van der Waals surface area (Å²) in [5.74, 6) is 0.674. The molecule has 0 radical (unpaired) electrons. The molecule has 0 amide bonds. The molecule has 0 aromatic heterocycles. The van der Waals surface area contributed by atoms with Crippen LogP contribution in [0.3, 0.4) is 0 Å². The van der Waals surface area contributed by atoms with Crippen molar-refractivity contribution in [3.05, 3.63) is 0 Å². The van der Waals surface area contributed by atoms with E-state index in [0.717, 1.165) is 31.6 Å². The van der Waals surface area contributed by atoms with Crippen molar-refractivity contribution in [1.29, 1.82) is 0 Å². The van der Waals surface area contributed by atoms with Crippen molar-refractivity contribution in [3.63, 3.8) is 0 Å². The molecular weight excluding hydrogens is 232 g/mol. The topological polar surface area (TPSA) is 18.5 Å². The lowest BCUT2D eigenvalue weighted by atomic mass is 10.1. The first-order chi connectivity index (χ1) is 6.35. The van der Waals surface area contributed by atoms with Gasteiger partial charge in [-0.3, -0.25) is 0 Å². The smallest absolute Gasteiger partial charge is 0.0502 e. The fraction of sp³-hybridized carbons (Fsp3) is 1.00. The molecule has 0 saturated carbocycles. The van der Waals surface area contributed by atoms with Crippen molar-refractivity contribution in [2.24, 2.45) is 5.92 Å². The van der Waals surface area contributed by atoms with E-state index in [1.54, 1.807) is 7.11 Å². The zero-order valence-electron chi connectivity index (χ0n) is 8.72. The third kappa shape index (κ3) is 8.72. The van der Waals surface area contributed by atoms with Gasteiger partial charge in [0.2, 0.25) is 0 Å². The molecule has 0 aromatic carbocycles. The number of alkyl halides is 1.